The van der Waals surface area contributed by atoms with Crippen LogP contribution in [-0.2, 0) is 16.1 Å². The lowest BCUT2D eigenvalue weighted by Gasteiger charge is -2.28. The van der Waals surface area contributed by atoms with Crippen LogP contribution in [0, 0.1) is 0 Å². The van der Waals surface area contributed by atoms with Crippen molar-refractivity contribution in [3.05, 3.63) is 35.9 Å². The van der Waals surface area contributed by atoms with E-state index < -0.39 is 11.8 Å². The van der Waals surface area contributed by atoms with Crippen molar-refractivity contribution in [2.75, 3.05) is 13.2 Å². The van der Waals surface area contributed by atoms with Gasteiger partial charge in [-0.1, -0.05) is 30.3 Å². The van der Waals surface area contributed by atoms with E-state index >= 15 is 0 Å². The molecule has 19 heavy (non-hydrogen) atoms. The number of carbonyl (C=O) groups is 1. The van der Waals surface area contributed by atoms with Gasteiger partial charge in [-0.05, 0) is 19.4 Å². The third-order valence-electron chi connectivity index (χ3n) is 3.12. The van der Waals surface area contributed by atoms with Crippen LogP contribution in [0.15, 0.2) is 30.3 Å². The van der Waals surface area contributed by atoms with Crippen LogP contribution in [0.25, 0.3) is 0 Å². The molecule has 1 aromatic rings. The largest absolute Gasteiger partial charge is 0.444 e. The highest BCUT2D eigenvalue weighted by Crippen LogP contribution is 2.27. The van der Waals surface area contributed by atoms with E-state index in [0.717, 1.165) is 5.56 Å². The van der Waals surface area contributed by atoms with Gasteiger partial charge in [0.15, 0.2) is 0 Å². The van der Waals surface area contributed by atoms with Gasteiger partial charge in [-0.3, -0.25) is 4.90 Å². The smallest absolute Gasteiger partial charge is 0.412 e. The van der Waals surface area contributed by atoms with Crippen molar-refractivity contribution >= 4 is 6.09 Å². The van der Waals surface area contributed by atoms with E-state index in [9.17, 15) is 4.79 Å². The van der Waals surface area contributed by atoms with Gasteiger partial charge < -0.3 is 14.6 Å². The Bertz CT molecular complexity index is 432. The lowest BCUT2D eigenvalue weighted by Crippen LogP contribution is -2.43. The van der Waals surface area contributed by atoms with E-state index in [1.807, 2.05) is 30.3 Å². The summed E-state index contributed by atoms with van der Waals surface area (Å²) in [6.07, 6.45) is -0.774. The fourth-order valence-corrected chi connectivity index (χ4v) is 2.12. The monoisotopic (exact) mass is 265 g/mol. The molecule has 0 saturated carbocycles. The zero-order valence-corrected chi connectivity index (χ0v) is 11.2. The van der Waals surface area contributed by atoms with Crippen LogP contribution in [0.5, 0.6) is 0 Å². The molecular weight excluding hydrogens is 246 g/mol. The molecule has 1 saturated heterocycles. The van der Waals surface area contributed by atoms with Gasteiger partial charge >= 0.3 is 6.09 Å². The SMILES string of the molecule is CC1(C)O[C@H](CO)CN1C(=O)OCc1ccccc1. The first-order valence-corrected chi connectivity index (χ1v) is 6.30. The van der Waals surface area contributed by atoms with E-state index in [1.54, 1.807) is 13.8 Å². The third kappa shape index (κ3) is 3.24. The Balaban J connectivity index is 1.93. The Labute approximate surface area is 112 Å². The summed E-state index contributed by atoms with van der Waals surface area (Å²) in [4.78, 5) is 13.5. The molecule has 1 N–H and O–H groups in total. The summed E-state index contributed by atoms with van der Waals surface area (Å²) in [5.41, 5.74) is 0.189. The molecule has 1 fully saturated rings. The van der Waals surface area contributed by atoms with Crippen molar-refractivity contribution in [1.29, 1.82) is 0 Å². The second-order valence-corrected chi connectivity index (χ2v) is 5.02. The molecule has 1 aliphatic rings. The molecule has 1 amide bonds. The Hall–Kier alpha value is -1.59. The number of aliphatic hydroxyl groups is 1. The number of hydrogen-bond acceptors (Lipinski definition) is 4. The van der Waals surface area contributed by atoms with Crippen molar-refractivity contribution in [1.82, 2.24) is 4.90 Å². The molecule has 0 aliphatic carbocycles. The van der Waals surface area contributed by atoms with Gasteiger partial charge in [0, 0.05) is 0 Å². The van der Waals surface area contributed by atoms with Crippen molar-refractivity contribution < 1.29 is 19.4 Å². The lowest BCUT2D eigenvalue weighted by atomic mass is 10.2. The van der Waals surface area contributed by atoms with Gasteiger partial charge in [0.2, 0.25) is 0 Å². The molecule has 0 radical (unpaired) electrons. The zero-order chi connectivity index (χ0) is 13.9. The molecule has 1 aliphatic heterocycles. The summed E-state index contributed by atoms with van der Waals surface area (Å²) < 4.78 is 10.8. The highest BCUT2D eigenvalue weighted by atomic mass is 16.6. The molecule has 0 spiro atoms. The lowest BCUT2D eigenvalue weighted by molar-refractivity contribution is -0.0804. The zero-order valence-electron chi connectivity index (χ0n) is 11.2. The summed E-state index contributed by atoms with van der Waals surface area (Å²) >= 11 is 0. The molecule has 104 valence electrons. The average molecular weight is 265 g/mol. The first-order chi connectivity index (χ1) is 9.03. The minimum atomic E-state index is -0.749. The number of ether oxygens (including phenoxy) is 2. The van der Waals surface area contributed by atoms with E-state index in [1.165, 1.54) is 4.90 Å². The summed E-state index contributed by atoms with van der Waals surface area (Å²) in [6, 6.07) is 9.50. The predicted molar refractivity (Wildman–Crippen MR) is 69.4 cm³/mol. The Kier molecular flexibility index (Phi) is 4.07. The molecule has 1 aromatic carbocycles. The number of amides is 1. The summed E-state index contributed by atoms with van der Waals surface area (Å²) in [5.74, 6) is 0. The molecule has 5 heteroatoms. The molecule has 1 heterocycles. The quantitative estimate of drug-likeness (QED) is 0.904. The maximum atomic E-state index is 12.0. The number of benzene rings is 1. The normalized spacial score (nSPS) is 21.4. The Morgan fingerprint density at radius 2 is 2.16 bits per heavy atom. The fourth-order valence-electron chi connectivity index (χ4n) is 2.12. The van der Waals surface area contributed by atoms with Crippen LogP contribution in [0.2, 0.25) is 0 Å². The van der Waals surface area contributed by atoms with Crippen LogP contribution in [0.1, 0.15) is 19.4 Å². The number of carbonyl (C=O) groups excluding carboxylic acids is 1. The highest BCUT2D eigenvalue weighted by Gasteiger charge is 2.42. The molecular formula is C14H19NO4. The molecule has 0 bridgehead atoms. The van der Waals surface area contributed by atoms with Crippen LogP contribution < -0.4 is 0 Å². The van der Waals surface area contributed by atoms with Gasteiger partial charge in [0.05, 0.1) is 13.2 Å². The van der Waals surface area contributed by atoms with Crippen LogP contribution in [0.3, 0.4) is 0 Å². The van der Waals surface area contributed by atoms with Gasteiger partial charge in [0.25, 0.3) is 0 Å². The molecule has 2 rings (SSSR count). The van der Waals surface area contributed by atoms with Gasteiger partial charge in [-0.15, -0.1) is 0 Å². The first kappa shape index (κ1) is 13.8. The third-order valence-corrected chi connectivity index (χ3v) is 3.12. The maximum absolute atomic E-state index is 12.0. The Morgan fingerprint density at radius 3 is 2.74 bits per heavy atom. The standard InChI is InChI=1S/C14H19NO4/c1-14(2)15(8-12(9-16)19-14)13(17)18-10-11-6-4-3-5-7-11/h3-7,12,16H,8-10H2,1-2H3/t12-/m0/s1. The molecule has 1 atom stereocenters. The van der Waals surface area contributed by atoms with Gasteiger partial charge in [0.1, 0.15) is 18.4 Å². The van der Waals surface area contributed by atoms with Gasteiger partial charge in [-0.25, -0.2) is 4.79 Å². The van der Waals surface area contributed by atoms with Crippen molar-refractivity contribution in [3.8, 4) is 0 Å². The number of aliphatic hydroxyl groups excluding tert-OH is 1. The van der Waals surface area contributed by atoms with Crippen LogP contribution in [-0.4, -0.2) is 41.1 Å². The molecule has 0 unspecified atom stereocenters. The van der Waals surface area contributed by atoms with Gasteiger partial charge in [-0.2, -0.15) is 0 Å². The minimum Gasteiger partial charge on any atom is -0.444 e. The second-order valence-electron chi connectivity index (χ2n) is 5.02. The minimum absolute atomic E-state index is 0.105. The summed E-state index contributed by atoms with van der Waals surface area (Å²) in [5, 5.41) is 9.10. The van der Waals surface area contributed by atoms with E-state index in [2.05, 4.69) is 0 Å². The van der Waals surface area contributed by atoms with Crippen LogP contribution in [0.4, 0.5) is 4.79 Å². The first-order valence-electron chi connectivity index (χ1n) is 6.30. The predicted octanol–water partition coefficient (Wildman–Crippen LogP) is 1.75. The number of hydrogen-bond donors (Lipinski definition) is 1. The molecule has 0 aromatic heterocycles. The molecule has 5 nitrogen and oxygen atoms in total. The van der Waals surface area contributed by atoms with Crippen LogP contribution >= 0.6 is 0 Å². The number of nitrogens with zero attached hydrogens (tertiary/aromatic N) is 1. The van der Waals surface area contributed by atoms with Crippen molar-refractivity contribution in [2.45, 2.75) is 32.3 Å². The topological polar surface area (TPSA) is 59.0 Å². The number of rotatable bonds is 3. The summed E-state index contributed by atoms with van der Waals surface area (Å²) in [7, 11) is 0. The average Bonchev–Trinajstić information content (AvgIpc) is 2.72. The Morgan fingerprint density at radius 1 is 1.47 bits per heavy atom. The van der Waals surface area contributed by atoms with E-state index in [-0.39, 0.29) is 19.3 Å². The fraction of sp³-hybridized carbons (Fsp3) is 0.500. The maximum Gasteiger partial charge on any atom is 0.412 e. The van der Waals surface area contributed by atoms with E-state index in [0.29, 0.717) is 6.54 Å². The highest BCUT2D eigenvalue weighted by molar-refractivity contribution is 5.68. The van der Waals surface area contributed by atoms with Crippen molar-refractivity contribution in [2.24, 2.45) is 0 Å². The van der Waals surface area contributed by atoms with E-state index in [4.69, 9.17) is 14.6 Å². The van der Waals surface area contributed by atoms with Crippen molar-refractivity contribution in [3.63, 3.8) is 0 Å². The second kappa shape index (κ2) is 5.59. The summed E-state index contributed by atoms with van der Waals surface area (Å²) in [6.45, 7) is 4.04.